The number of hydrogen-bond donors (Lipinski definition) is 2. The Hall–Kier alpha value is -1.62. The molecule has 4 nitrogen and oxygen atoms in total. The minimum absolute atomic E-state index is 0.0454. The van der Waals surface area contributed by atoms with E-state index in [0.717, 1.165) is 25.7 Å². The van der Waals surface area contributed by atoms with Crippen LogP contribution in [-0.4, -0.2) is 18.6 Å². The molecular formula is C16H23FN2O2. The molecule has 0 spiro atoms. The minimum atomic E-state index is -0.451. The Morgan fingerprint density at radius 2 is 2.29 bits per heavy atom. The van der Waals surface area contributed by atoms with Crippen LogP contribution in [0.4, 0.5) is 4.39 Å². The predicted octanol–water partition coefficient (Wildman–Crippen LogP) is 2.36. The van der Waals surface area contributed by atoms with Gasteiger partial charge in [0.2, 0.25) is 5.91 Å². The van der Waals surface area contributed by atoms with Crippen LogP contribution in [0.1, 0.15) is 38.2 Å². The third-order valence-electron chi connectivity index (χ3n) is 4.25. The lowest BCUT2D eigenvalue weighted by atomic mass is 9.74. The Morgan fingerprint density at radius 1 is 1.52 bits per heavy atom. The standard InChI is InChI=1S/C16H23FN2O2/c1-16(18)8-4-3-5-12(16)15(20)19-10-11-6-7-14(21-2)13(17)9-11/h6-7,9,12H,3-5,8,10,18H2,1-2H3,(H,19,20). The van der Waals surface area contributed by atoms with Crippen LogP contribution in [0, 0.1) is 11.7 Å². The number of amides is 1. The molecule has 1 fully saturated rings. The predicted molar refractivity (Wildman–Crippen MR) is 79.3 cm³/mol. The lowest BCUT2D eigenvalue weighted by Gasteiger charge is -2.37. The van der Waals surface area contributed by atoms with Gasteiger partial charge in [0.15, 0.2) is 11.6 Å². The lowest BCUT2D eigenvalue weighted by Crippen LogP contribution is -2.52. The maximum absolute atomic E-state index is 13.6. The van der Waals surface area contributed by atoms with E-state index in [1.807, 2.05) is 6.92 Å². The molecule has 0 heterocycles. The molecule has 116 valence electrons. The molecule has 21 heavy (non-hydrogen) atoms. The zero-order valence-electron chi connectivity index (χ0n) is 12.6. The smallest absolute Gasteiger partial charge is 0.225 e. The van der Waals surface area contributed by atoms with Gasteiger partial charge in [0.05, 0.1) is 13.0 Å². The summed E-state index contributed by atoms with van der Waals surface area (Å²) in [4.78, 5) is 12.3. The number of benzene rings is 1. The van der Waals surface area contributed by atoms with Gasteiger partial charge >= 0.3 is 0 Å². The number of rotatable bonds is 4. The zero-order valence-corrected chi connectivity index (χ0v) is 12.6. The fourth-order valence-electron chi connectivity index (χ4n) is 2.92. The number of methoxy groups -OCH3 is 1. The Labute approximate surface area is 124 Å². The van der Waals surface area contributed by atoms with E-state index < -0.39 is 11.4 Å². The van der Waals surface area contributed by atoms with Gasteiger partial charge in [-0.1, -0.05) is 18.9 Å². The monoisotopic (exact) mass is 294 g/mol. The Kier molecular flexibility index (Phi) is 4.83. The second kappa shape index (κ2) is 6.43. The van der Waals surface area contributed by atoms with E-state index in [-0.39, 0.29) is 17.6 Å². The third kappa shape index (κ3) is 3.73. The first-order valence-electron chi connectivity index (χ1n) is 7.33. The van der Waals surface area contributed by atoms with Gasteiger partial charge in [-0.15, -0.1) is 0 Å². The number of carbonyl (C=O) groups excluding carboxylic acids is 1. The van der Waals surface area contributed by atoms with Gasteiger partial charge in [0.1, 0.15) is 0 Å². The van der Waals surface area contributed by atoms with Crippen molar-refractivity contribution >= 4 is 5.91 Å². The molecule has 1 aliphatic rings. The van der Waals surface area contributed by atoms with Crippen molar-refractivity contribution in [2.24, 2.45) is 11.7 Å². The normalized spacial score (nSPS) is 25.4. The van der Waals surface area contributed by atoms with Crippen molar-refractivity contribution in [3.05, 3.63) is 29.6 Å². The SMILES string of the molecule is COc1ccc(CNC(=O)C2CCCCC2(C)N)cc1F. The van der Waals surface area contributed by atoms with Crippen molar-refractivity contribution in [2.75, 3.05) is 7.11 Å². The van der Waals surface area contributed by atoms with Gasteiger partial charge in [0, 0.05) is 12.1 Å². The van der Waals surface area contributed by atoms with Gasteiger partial charge in [-0.05, 0) is 37.5 Å². The van der Waals surface area contributed by atoms with Crippen LogP contribution in [-0.2, 0) is 11.3 Å². The molecule has 1 saturated carbocycles. The number of halogens is 1. The second-order valence-corrected chi connectivity index (χ2v) is 5.99. The highest BCUT2D eigenvalue weighted by Gasteiger charge is 2.37. The largest absolute Gasteiger partial charge is 0.494 e. The molecule has 1 aromatic rings. The summed E-state index contributed by atoms with van der Waals surface area (Å²) in [6.07, 6.45) is 3.78. The highest BCUT2D eigenvalue weighted by atomic mass is 19.1. The average Bonchev–Trinajstić information content (AvgIpc) is 2.44. The van der Waals surface area contributed by atoms with Crippen molar-refractivity contribution in [1.82, 2.24) is 5.32 Å². The lowest BCUT2D eigenvalue weighted by molar-refractivity contribution is -0.128. The maximum atomic E-state index is 13.6. The van der Waals surface area contributed by atoms with E-state index in [1.54, 1.807) is 12.1 Å². The van der Waals surface area contributed by atoms with E-state index in [0.29, 0.717) is 12.1 Å². The molecule has 2 rings (SSSR count). The van der Waals surface area contributed by atoms with Crippen LogP contribution in [0.2, 0.25) is 0 Å². The molecule has 0 saturated heterocycles. The summed E-state index contributed by atoms with van der Waals surface area (Å²) in [5, 5.41) is 2.86. The Morgan fingerprint density at radius 3 is 2.90 bits per heavy atom. The Bertz CT molecular complexity index is 517. The van der Waals surface area contributed by atoms with Crippen molar-refractivity contribution in [1.29, 1.82) is 0 Å². The molecule has 0 bridgehead atoms. The first-order valence-corrected chi connectivity index (χ1v) is 7.33. The molecular weight excluding hydrogens is 271 g/mol. The van der Waals surface area contributed by atoms with Gasteiger partial charge in [-0.25, -0.2) is 4.39 Å². The quantitative estimate of drug-likeness (QED) is 0.896. The molecule has 2 unspecified atom stereocenters. The van der Waals surface area contributed by atoms with Crippen LogP contribution >= 0.6 is 0 Å². The van der Waals surface area contributed by atoms with Crippen LogP contribution in [0.3, 0.4) is 0 Å². The minimum Gasteiger partial charge on any atom is -0.494 e. The topological polar surface area (TPSA) is 64.3 Å². The summed E-state index contributed by atoms with van der Waals surface area (Å²) in [5.41, 5.74) is 6.47. The summed E-state index contributed by atoms with van der Waals surface area (Å²) in [6, 6.07) is 4.68. The molecule has 3 N–H and O–H groups in total. The molecule has 5 heteroatoms. The van der Waals surface area contributed by atoms with Gasteiger partial charge in [0.25, 0.3) is 0 Å². The van der Waals surface area contributed by atoms with Crippen LogP contribution < -0.4 is 15.8 Å². The van der Waals surface area contributed by atoms with E-state index in [2.05, 4.69) is 5.32 Å². The molecule has 2 atom stereocenters. The van der Waals surface area contributed by atoms with Crippen molar-refractivity contribution in [3.8, 4) is 5.75 Å². The van der Waals surface area contributed by atoms with Crippen LogP contribution in [0.25, 0.3) is 0 Å². The number of nitrogens with two attached hydrogens (primary N) is 1. The van der Waals surface area contributed by atoms with E-state index in [9.17, 15) is 9.18 Å². The summed E-state index contributed by atoms with van der Waals surface area (Å²) < 4.78 is 18.5. The van der Waals surface area contributed by atoms with E-state index >= 15 is 0 Å². The molecule has 1 aliphatic carbocycles. The summed E-state index contributed by atoms with van der Waals surface area (Å²) in [7, 11) is 1.42. The Balaban J connectivity index is 1.96. The van der Waals surface area contributed by atoms with Crippen molar-refractivity contribution in [3.63, 3.8) is 0 Å². The second-order valence-electron chi connectivity index (χ2n) is 5.99. The highest BCUT2D eigenvalue weighted by molar-refractivity contribution is 5.80. The summed E-state index contributed by atoms with van der Waals surface area (Å²) in [5.74, 6) is -0.442. The number of ether oxygens (including phenoxy) is 1. The molecule has 0 aliphatic heterocycles. The van der Waals surface area contributed by atoms with E-state index in [1.165, 1.54) is 13.2 Å². The molecule has 0 radical (unpaired) electrons. The maximum Gasteiger partial charge on any atom is 0.225 e. The first kappa shape index (κ1) is 15.8. The van der Waals surface area contributed by atoms with Crippen molar-refractivity contribution in [2.45, 2.75) is 44.7 Å². The number of hydrogen-bond acceptors (Lipinski definition) is 3. The number of nitrogens with one attached hydrogen (secondary N) is 1. The van der Waals surface area contributed by atoms with Crippen LogP contribution in [0.15, 0.2) is 18.2 Å². The highest BCUT2D eigenvalue weighted by Crippen LogP contribution is 2.31. The van der Waals surface area contributed by atoms with Crippen LogP contribution in [0.5, 0.6) is 5.75 Å². The van der Waals surface area contributed by atoms with Crippen molar-refractivity contribution < 1.29 is 13.9 Å². The molecule has 1 aromatic carbocycles. The average molecular weight is 294 g/mol. The van der Waals surface area contributed by atoms with Gasteiger partial charge < -0.3 is 15.8 Å². The molecule has 0 aromatic heterocycles. The fraction of sp³-hybridized carbons (Fsp3) is 0.562. The fourth-order valence-corrected chi connectivity index (χ4v) is 2.92. The van der Waals surface area contributed by atoms with E-state index in [4.69, 9.17) is 10.5 Å². The summed E-state index contributed by atoms with van der Waals surface area (Å²) in [6.45, 7) is 2.23. The van der Waals surface area contributed by atoms with Gasteiger partial charge in [-0.2, -0.15) is 0 Å². The zero-order chi connectivity index (χ0) is 15.5. The third-order valence-corrected chi connectivity index (χ3v) is 4.25. The van der Waals surface area contributed by atoms with Gasteiger partial charge in [-0.3, -0.25) is 4.79 Å². The number of carbonyl (C=O) groups is 1. The summed E-state index contributed by atoms with van der Waals surface area (Å²) >= 11 is 0. The first-order chi connectivity index (χ1) is 9.94. The molecule has 1 amide bonds.